The maximum absolute atomic E-state index is 12.8. The predicted molar refractivity (Wildman–Crippen MR) is 115 cm³/mol. The van der Waals surface area contributed by atoms with Crippen LogP contribution in [-0.2, 0) is 23.3 Å². The maximum Gasteiger partial charge on any atom is 0.331 e. The minimum atomic E-state index is -0.468. The zero-order valence-electron chi connectivity index (χ0n) is 17.4. The van der Waals surface area contributed by atoms with Crippen LogP contribution in [0.3, 0.4) is 0 Å². The number of fused-ring (bicyclic) bond motifs is 1. The average molecular weight is 393 g/mol. The summed E-state index contributed by atoms with van der Waals surface area (Å²) in [5, 5.41) is 3.38. The number of amides is 1. The van der Waals surface area contributed by atoms with Gasteiger partial charge in [0.1, 0.15) is 6.54 Å². The van der Waals surface area contributed by atoms with Gasteiger partial charge < -0.3 is 5.32 Å². The summed E-state index contributed by atoms with van der Waals surface area (Å²) < 4.78 is 2.53. The second kappa shape index (κ2) is 8.07. The van der Waals surface area contributed by atoms with Gasteiger partial charge in [-0.25, -0.2) is 4.79 Å². The Kier molecular flexibility index (Phi) is 5.73. The van der Waals surface area contributed by atoms with Crippen LogP contribution in [0.4, 0.5) is 0 Å². The summed E-state index contributed by atoms with van der Waals surface area (Å²) >= 11 is 0. The van der Waals surface area contributed by atoms with Gasteiger partial charge in [-0.15, -0.1) is 0 Å². The number of para-hydroxylation sites is 1. The second-order valence-corrected chi connectivity index (χ2v) is 7.97. The standard InChI is InChI=1S/C23H27N3O3/c1-5-25-21(28)18-11-6-7-12-19(18)26(22(25)29)14-20(27)24-15-23(3,4)17-10-8-9-16(2)13-17/h6-13H,5,14-15H2,1-4H3,(H,24,27). The minimum Gasteiger partial charge on any atom is -0.354 e. The second-order valence-electron chi connectivity index (χ2n) is 7.97. The number of aromatic nitrogens is 2. The summed E-state index contributed by atoms with van der Waals surface area (Å²) in [7, 11) is 0. The van der Waals surface area contributed by atoms with E-state index in [1.165, 1.54) is 10.1 Å². The minimum absolute atomic E-state index is 0.135. The fourth-order valence-electron chi connectivity index (χ4n) is 3.49. The first-order chi connectivity index (χ1) is 13.7. The predicted octanol–water partition coefficient (Wildman–Crippen LogP) is 2.59. The quantitative estimate of drug-likeness (QED) is 0.700. The molecule has 0 aliphatic rings. The smallest absolute Gasteiger partial charge is 0.331 e. The van der Waals surface area contributed by atoms with Crippen molar-refractivity contribution in [2.24, 2.45) is 0 Å². The zero-order chi connectivity index (χ0) is 21.2. The highest BCUT2D eigenvalue weighted by molar-refractivity contribution is 5.81. The topological polar surface area (TPSA) is 73.1 Å². The third-order valence-electron chi connectivity index (χ3n) is 5.28. The van der Waals surface area contributed by atoms with Crippen LogP contribution in [0.25, 0.3) is 10.9 Å². The molecule has 0 unspecified atom stereocenters. The van der Waals surface area contributed by atoms with Crippen LogP contribution in [0.2, 0.25) is 0 Å². The van der Waals surface area contributed by atoms with E-state index in [1.807, 2.05) is 25.1 Å². The number of hydrogen-bond acceptors (Lipinski definition) is 3. The van der Waals surface area contributed by atoms with Crippen molar-refractivity contribution in [3.05, 3.63) is 80.5 Å². The molecule has 2 aromatic carbocycles. The Labute approximate surface area is 169 Å². The van der Waals surface area contributed by atoms with E-state index in [-0.39, 0.29) is 30.0 Å². The number of hydrogen-bond donors (Lipinski definition) is 1. The van der Waals surface area contributed by atoms with Crippen LogP contribution < -0.4 is 16.6 Å². The van der Waals surface area contributed by atoms with E-state index in [1.54, 1.807) is 31.2 Å². The molecule has 0 spiro atoms. The van der Waals surface area contributed by atoms with Gasteiger partial charge in [-0.3, -0.25) is 18.7 Å². The lowest BCUT2D eigenvalue weighted by atomic mass is 9.84. The lowest BCUT2D eigenvalue weighted by Crippen LogP contribution is -2.44. The van der Waals surface area contributed by atoms with Crippen LogP contribution in [0, 0.1) is 6.92 Å². The lowest BCUT2D eigenvalue weighted by Gasteiger charge is -2.26. The first-order valence-electron chi connectivity index (χ1n) is 9.81. The van der Waals surface area contributed by atoms with Crippen LogP contribution in [0.1, 0.15) is 31.9 Å². The Morgan fingerprint density at radius 1 is 1.03 bits per heavy atom. The van der Waals surface area contributed by atoms with Crippen molar-refractivity contribution in [1.29, 1.82) is 0 Å². The molecule has 1 N–H and O–H groups in total. The van der Waals surface area contributed by atoms with Gasteiger partial charge >= 0.3 is 5.69 Å². The molecule has 0 fully saturated rings. The largest absolute Gasteiger partial charge is 0.354 e. The Morgan fingerprint density at radius 3 is 2.45 bits per heavy atom. The molecule has 0 saturated heterocycles. The van der Waals surface area contributed by atoms with Gasteiger partial charge in [-0.2, -0.15) is 0 Å². The van der Waals surface area contributed by atoms with Gasteiger partial charge in [0.05, 0.1) is 10.9 Å². The van der Waals surface area contributed by atoms with Crippen molar-refractivity contribution in [3.63, 3.8) is 0 Å². The highest BCUT2D eigenvalue weighted by atomic mass is 16.2. The molecule has 1 aromatic heterocycles. The summed E-state index contributed by atoms with van der Waals surface area (Å²) in [6.07, 6.45) is 0. The Hall–Kier alpha value is -3.15. The Morgan fingerprint density at radius 2 is 1.76 bits per heavy atom. The molecule has 0 saturated carbocycles. The SMILES string of the molecule is CCn1c(=O)c2ccccc2n(CC(=O)NCC(C)(C)c2cccc(C)c2)c1=O. The van der Waals surface area contributed by atoms with E-state index in [9.17, 15) is 14.4 Å². The molecule has 0 atom stereocenters. The third-order valence-corrected chi connectivity index (χ3v) is 5.28. The number of nitrogens with one attached hydrogen (secondary N) is 1. The molecule has 6 nitrogen and oxygen atoms in total. The maximum atomic E-state index is 12.8. The Bertz CT molecular complexity index is 1170. The van der Waals surface area contributed by atoms with E-state index >= 15 is 0 Å². The highest BCUT2D eigenvalue weighted by Crippen LogP contribution is 2.23. The van der Waals surface area contributed by atoms with Gasteiger partial charge in [0.25, 0.3) is 5.56 Å². The molecule has 29 heavy (non-hydrogen) atoms. The number of rotatable bonds is 6. The summed E-state index contributed by atoms with van der Waals surface area (Å²) in [4.78, 5) is 38.0. The first-order valence-corrected chi connectivity index (χ1v) is 9.81. The van der Waals surface area contributed by atoms with Crippen LogP contribution >= 0.6 is 0 Å². The van der Waals surface area contributed by atoms with Crippen LogP contribution in [0.15, 0.2) is 58.1 Å². The molecule has 3 rings (SSSR count). The number of benzene rings is 2. The van der Waals surface area contributed by atoms with E-state index in [0.29, 0.717) is 17.4 Å². The van der Waals surface area contributed by atoms with Gasteiger partial charge in [0.2, 0.25) is 5.91 Å². The van der Waals surface area contributed by atoms with Crippen molar-refractivity contribution < 1.29 is 4.79 Å². The Balaban J connectivity index is 1.85. The molecule has 152 valence electrons. The van der Waals surface area contributed by atoms with E-state index in [2.05, 4.69) is 25.2 Å². The number of carbonyl (C=O) groups is 1. The summed E-state index contributed by atoms with van der Waals surface area (Å²) in [6.45, 7) is 8.48. The fraction of sp³-hybridized carbons (Fsp3) is 0.348. The van der Waals surface area contributed by atoms with Crippen molar-refractivity contribution in [3.8, 4) is 0 Å². The van der Waals surface area contributed by atoms with Crippen molar-refractivity contribution >= 4 is 16.8 Å². The van der Waals surface area contributed by atoms with Crippen LogP contribution in [0.5, 0.6) is 0 Å². The van der Waals surface area contributed by atoms with E-state index in [4.69, 9.17) is 0 Å². The number of nitrogens with zero attached hydrogens (tertiary/aromatic N) is 2. The van der Waals surface area contributed by atoms with Crippen molar-refractivity contribution in [2.75, 3.05) is 6.54 Å². The summed E-state index contributed by atoms with van der Waals surface area (Å²) in [5.41, 5.74) is 1.73. The molecule has 1 amide bonds. The van der Waals surface area contributed by atoms with Gasteiger partial charge in [-0.1, -0.05) is 55.8 Å². The number of aryl methyl sites for hydroxylation is 1. The molecule has 0 aliphatic carbocycles. The molecular weight excluding hydrogens is 366 g/mol. The molecule has 3 aromatic rings. The monoisotopic (exact) mass is 393 g/mol. The van der Waals surface area contributed by atoms with Gasteiger partial charge in [0, 0.05) is 18.5 Å². The fourth-order valence-corrected chi connectivity index (χ4v) is 3.49. The molecule has 1 heterocycles. The van der Waals surface area contributed by atoms with Gasteiger partial charge in [0.15, 0.2) is 0 Å². The van der Waals surface area contributed by atoms with E-state index in [0.717, 1.165) is 10.1 Å². The highest BCUT2D eigenvalue weighted by Gasteiger charge is 2.22. The van der Waals surface area contributed by atoms with Crippen molar-refractivity contribution in [1.82, 2.24) is 14.5 Å². The molecule has 6 heteroatoms. The molecular formula is C23H27N3O3. The third kappa shape index (κ3) is 4.16. The summed E-state index contributed by atoms with van der Waals surface area (Å²) in [6, 6.07) is 15.1. The average Bonchev–Trinajstić information content (AvgIpc) is 2.70. The first kappa shape index (κ1) is 20.6. The number of carbonyl (C=O) groups excluding carboxylic acids is 1. The molecule has 0 bridgehead atoms. The summed E-state index contributed by atoms with van der Waals surface area (Å²) in [5.74, 6) is -0.265. The van der Waals surface area contributed by atoms with E-state index < -0.39 is 5.69 Å². The molecule has 0 aliphatic heterocycles. The zero-order valence-corrected chi connectivity index (χ0v) is 17.4. The van der Waals surface area contributed by atoms with Gasteiger partial charge in [-0.05, 0) is 31.5 Å². The van der Waals surface area contributed by atoms with Crippen LogP contribution in [-0.4, -0.2) is 21.6 Å². The molecule has 0 radical (unpaired) electrons. The van der Waals surface area contributed by atoms with Crippen molar-refractivity contribution in [2.45, 2.75) is 46.2 Å². The normalized spacial score (nSPS) is 11.6. The lowest BCUT2D eigenvalue weighted by molar-refractivity contribution is -0.121.